The smallest absolute Gasteiger partial charge is 0.416 e. The standard InChI is InChI=1S/C18H19F3N2O7S2/c1-8(24)22-12(6-31)16(28)30-14-5-10(18(19,20)21)3-4-11(14)17(29)32-7-13(15(26)27)23-9(2)25/h3-5,12-13,31H,6-7H2,1-2H3,(H,22,24)(H,23,25)(H,26,27). The van der Waals surface area contributed by atoms with E-state index >= 15 is 0 Å². The number of carbonyl (C=O) groups excluding carboxylic acids is 4. The minimum absolute atomic E-state index is 0.230. The molecule has 3 N–H and O–H groups in total. The van der Waals surface area contributed by atoms with Gasteiger partial charge in [-0.15, -0.1) is 0 Å². The largest absolute Gasteiger partial charge is 0.480 e. The van der Waals surface area contributed by atoms with E-state index in [0.29, 0.717) is 23.9 Å². The lowest BCUT2D eigenvalue weighted by Crippen LogP contribution is -2.43. The van der Waals surface area contributed by atoms with Crippen LogP contribution in [0.5, 0.6) is 5.75 Å². The Bertz CT molecular complexity index is 909. The molecular weight excluding hydrogens is 477 g/mol. The molecule has 0 bridgehead atoms. The Labute approximate surface area is 189 Å². The third-order valence-corrected chi connectivity index (χ3v) is 4.99. The van der Waals surface area contributed by atoms with Gasteiger partial charge in [-0.25, -0.2) is 9.59 Å². The van der Waals surface area contributed by atoms with Crippen LogP contribution in [0.2, 0.25) is 0 Å². The lowest BCUT2D eigenvalue weighted by molar-refractivity contribution is -0.140. The molecule has 0 aromatic heterocycles. The van der Waals surface area contributed by atoms with Crippen LogP contribution in [0.4, 0.5) is 13.2 Å². The molecule has 32 heavy (non-hydrogen) atoms. The molecule has 176 valence electrons. The summed E-state index contributed by atoms with van der Waals surface area (Å²) < 4.78 is 44.2. The number of esters is 1. The monoisotopic (exact) mass is 496 g/mol. The van der Waals surface area contributed by atoms with Gasteiger partial charge in [0, 0.05) is 25.4 Å². The summed E-state index contributed by atoms with van der Waals surface area (Å²) in [7, 11) is 0. The second kappa shape index (κ2) is 11.8. The normalized spacial score (nSPS) is 12.9. The van der Waals surface area contributed by atoms with Crippen LogP contribution in [-0.2, 0) is 25.4 Å². The Morgan fingerprint density at radius 1 is 1.09 bits per heavy atom. The van der Waals surface area contributed by atoms with E-state index in [1.54, 1.807) is 0 Å². The Balaban J connectivity index is 3.20. The maximum absolute atomic E-state index is 13.1. The Hall–Kier alpha value is -2.74. The summed E-state index contributed by atoms with van der Waals surface area (Å²) in [5.41, 5.74) is -1.64. The average molecular weight is 496 g/mol. The van der Waals surface area contributed by atoms with Crippen molar-refractivity contribution in [2.24, 2.45) is 0 Å². The minimum Gasteiger partial charge on any atom is -0.480 e. The van der Waals surface area contributed by atoms with E-state index in [-0.39, 0.29) is 5.75 Å². The summed E-state index contributed by atoms with van der Waals surface area (Å²) in [6, 6.07) is -0.912. The number of carbonyl (C=O) groups is 5. The maximum Gasteiger partial charge on any atom is 0.416 e. The van der Waals surface area contributed by atoms with Crippen LogP contribution in [0.15, 0.2) is 18.2 Å². The van der Waals surface area contributed by atoms with Gasteiger partial charge in [-0.2, -0.15) is 25.8 Å². The SMILES string of the molecule is CC(=O)NC(CSC(=O)c1ccc(C(F)(F)F)cc1OC(=O)C(CS)NC(C)=O)C(=O)O. The van der Waals surface area contributed by atoms with Gasteiger partial charge in [0.15, 0.2) is 0 Å². The van der Waals surface area contributed by atoms with E-state index in [9.17, 15) is 37.1 Å². The van der Waals surface area contributed by atoms with Gasteiger partial charge < -0.3 is 20.5 Å². The number of thioether (sulfide) groups is 1. The predicted molar refractivity (Wildman–Crippen MR) is 111 cm³/mol. The van der Waals surface area contributed by atoms with Crippen molar-refractivity contribution in [2.75, 3.05) is 11.5 Å². The fourth-order valence-electron chi connectivity index (χ4n) is 2.21. The first-order chi connectivity index (χ1) is 14.8. The van der Waals surface area contributed by atoms with E-state index in [1.165, 1.54) is 0 Å². The summed E-state index contributed by atoms with van der Waals surface area (Å²) in [5, 5.41) is 12.5. The van der Waals surface area contributed by atoms with Crippen LogP contribution in [0, 0.1) is 0 Å². The molecule has 0 aliphatic rings. The van der Waals surface area contributed by atoms with Gasteiger partial charge in [-0.3, -0.25) is 14.4 Å². The molecule has 1 aromatic rings. The highest BCUT2D eigenvalue weighted by Gasteiger charge is 2.33. The van der Waals surface area contributed by atoms with Crippen LogP contribution in [0.3, 0.4) is 0 Å². The molecule has 0 aliphatic heterocycles. The van der Waals surface area contributed by atoms with Crippen LogP contribution in [-0.4, -0.2) is 57.6 Å². The minimum atomic E-state index is -4.81. The lowest BCUT2D eigenvalue weighted by Gasteiger charge is -2.17. The molecule has 1 rings (SSSR count). The number of ether oxygens (including phenoxy) is 1. The first-order valence-corrected chi connectivity index (χ1v) is 10.4. The van der Waals surface area contributed by atoms with Crippen molar-refractivity contribution >= 4 is 53.3 Å². The predicted octanol–water partition coefficient (Wildman–Crippen LogP) is 1.51. The number of benzene rings is 1. The van der Waals surface area contributed by atoms with E-state index in [1.807, 2.05) is 0 Å². The molecule has 0 fully saturated rings. The van der Waals surface area contributed by atoms with E-state index in [4.69, 9.17) is 9.84 Å². The zero-order chi connectivity index (χ0) is 24.6. The van der Waals surface area contributed by atoms with Gasteiger partial charge in [0.25, 0.3) is 0 Å². The molecule has 0 saturated heterocycles. The zero-order valence-electron chi connectivity index (χ0n) is 16.7. The lowest BCUT2D eigenvalue weighted by atomic mass is 10.1. The van der Waals surface area contributed by atoms with Crippen molar-refractivity contribution < 1.29 is 47.0 Å². The van der Waals surface area contributed by atoms with Crippen LogP contribution in [0.25, 0.3) is 0 Å². The topological polar surface area (TPSA) is 139 Å². The number of carboxylic acids is 1. The van der Waals surface area contributed by atoms with Gasteiger partial charge in [0.05, 0.1) is 11.1 Å². The molecular formula is C18H19F3N2O7S2. The second-order valence-corrected chi connectivity index (χ2v) is 7.61. The molecule has 14 heteroatoms. The summed E-state index contributed by atoms with van der Waals surface area (Å²) >= 11 is 4.27. The number of aliphatic carboxylic acids is 1. The highest BCUT2D eigenvalue weighted by atomic mass is 32.2. The summed E-state index contributed by atoms with van der Waals surface area (Å²) in [4.78, 5) is 58.2. The molecule has 0 radical (unpaired) electrons. The highest BCUT2D eigenvalue weighted by molar-refractivity contribution is 8.14. The number of thiol groups is 1. The Morgan fingerprint density at radius 2 is 1.66 bits per heavy atom. The molecule has 0 spiro atoms. The number of nitrogens with one attached hydrogen (secondary N) is 2. The van der Waals surface area contributed by atoms with Crippen molar-refractivity contribution in [3.63, 3.8) is 0 Å². The van der Waals surface area contributed by atoms with E-state index < -0.39 is 69.8 Å². The molecule has 2 unspecified atom stereocenters. The van der Waals surface area contributed by atoms with Crippen molar-refractivity contribution in [1.82, 2.24) is 10.6 Å². The Kier molecular flexibility index (Phi) is 10.0. The zero-order valence-corrected chi connectivity index (χ0v) is 18.4. The van der Waals surface area contributed by atoms with Crippen molar-refractivity contribution in [3.8, 4) is 5.75 Å². The molecule has 2 atom stereocenters. The first-order valence-electron chi connectivity index (χ1n) is 8.74. The molecule has 9 nitrogen and oxygen atoms in total. The molecule has 0 aliphatic carbocycles. The quantitative estimate of drug-likeness (QED) is 0.229. The molecule has 0 heterocycles. The van der Waals surface area contributed by atoms with E-state index in [2.05, 4.69) is 23.3 Å². The number of amides is 2. The number of hydrogen-bond donors (Lipinski definition) is 4. The number of rotatable bonds is 9. The fourth-order valence-corrected chi connectivity index (χ4v) is 3.32. The fraction of sp³-hybridized carbons (Fsp3) is 0.389. The van der Waals surface area contributed by atoms with Crippen LogP contribution < -0.4 is 15.4 Å². The first kappa shape index (κ1) is 27.3. The van der Waals surface area contributed by atoms with Gasteiger partial charge in [-0.1, -0.05) is 11.8 Å². The van der Waals surface area contributed by atoms with Crippen molar-refractivity contribution in [3.05, 3.63) is 29.3 Å². The number of halogens is 3. The average Bonchev–Trinajstić information content (AvgIpc) is 2.67. The van der Waals surface area contributed by atoms with E-state index in [0.717, 1.165) is 19.9 Å². The Morgan fingerprint density at radius 3 is 2.12 bits per heavy atom. The third kappa shape index (κ3) is 8.42. The number of hydrogen-bond acceptors (Lipinski definition) is 8. The highest BCUT2D eigenvalue weighted by Crippen LogP contribution is 2.34. The molecule has 2 amide bonds. The maximum atomic E-state index is 13.1. The van der Waals surface area contributed by atoms with Crippen LogP contribution in [0.1, 0.15) is 29.8 Å². The van der Waals surface area contributed by atoms with Gasteiger partial charge in [-0.05, 0) is 18.2 Å². The third-order valence-electron chi connectivity index (χ3n) is 3.64. The van der Waals surface area contributed by atoms with Crippen LogP contribution >= 0.6 is 24.4 Å². The van der Waals surface area contributed by atoms with Gasteiger partial charge in [0.2, 0.25) is 16.9 Å². The summed E-state index contributed by atoms with van der Waals surface area (Å²) in [5.74, 6) is -5.26. The summed E-state index contributed by atoms with van der Waals surface area (Å²) in [6.07, 6.45) is -4.81. The second-order valence-electron chi connectivity index (χ2n) is 6.26. The molecule has 0 saturated carbocycles. The van der Waals surface area contributed by atoms with Gasteiger partial charge in [0.1, 0.15) is 17.8 Å². The summed E-state index contributed by atoms with van der Waals surface area (Å²) in [6.45, 7) is 2.18. The van der Waals surface area contributed by atoms with Gasteiger partial charge >= 0.3 is 18.1 Å². The number of carboxylic acid groups (broad SMARTS) is 1. The van der Waals surface area contributed by atoms with Crippen molar-refractivity contribution in [1.29, 1.82) is 0 Å². The molecule has 1 aromatic carbocycles. The number of alkyl halides is 3. The van der Waals surface area contributed by atoms with Crippen molar-refractivity contribution in [2.45, 2.75) is 32.1 Å².